The molecule has 0 atom stereocenters. The Morgan fingerprint density at radius 3 is 2.25 bits per heavy atom. The molecule has 3 nitrogen and oxygen atoms in total. The molecule has 0 fully saturated rings. The standard InChI is InChI=1S/C5H3Cl2F2N3/c6-2-1(4(8)9)11-5(10)3(7)12-2/h4H,(H2,10,11). The first-order chi connectivity index (χ1) is 5.52. The molecule has 0 spiro atoms. The number of rotatable bonds is 1. The largest absolute Gasteiger partial charge is 0.381 e. The number of aromatic nitrogens is 2. The van der Waals surface area contributed by atoms with E-state index in [0.29, 0.717) is 0 Å². The SMILES string of the molecule is Nc1nc(C(F)F)c(Cl)nc1Cl. The molecule has 12 heavy (non-hydrogen) atoms. The number of hydrogen-bond acceptors (Lipinski definition) is 3. The van der Waals surface area contributed by atoms with Crippen molar-refractivity contribution < 1.29 is 8.78 Å². The van der Waals surface area contributed by atoms with Crippen LogP contribution >= 0.6 is 23.2 Å². The molecule has 0 saturated heterocycles. The van der Waals surface area contributed by atoms with Gasteiger partial charge in [-0.1, -0.05) is 23.2 Å². The Balaban J connectivity index is 3.23. The van der Waals surface area contributed by atoms with Gasteiger partial charge in [0, 0.05) is 0 Å². The average molecular weight is 214 g/mol. The van der Waals surface area contributed by atoms with Crippen LogP contribution in [0.2, 0.25) is 10.3 Å². The molecule has 2 N–H and O–H groups in total. The van der Waals surface area contributed by atoms with Gasteiger partial charge in [0.25, 0.3) is 6.43 Å². The van der Waals surface area contributed by atoms with Crippen LogP contribution in [0.5, 0.6) is 0 Å². The second-order valence-electron chi connectivity index (χ2n) is 1.88. The molecule has 0 radical (unpaired) electrons. The third-order valence-corrected chi connectivity index (χ3v) is 1.62. The van der Waals surface area contributed by atoms with Gasteiger partial charge in [-0.05, 0) is 0 Å². The van der Waals surface area contributed by atoms with E-state index in [1.807, 2.05) is 0 Å². The lowest BCUT2D eigenvalue weighted by Crippen LogP contribution is -2.00. The summed E-state index contributed by atoms with van der Waals surface area (Å²) in [5.41, 5.74) is 4.48. The van der Waals surface area contributed by atoms with Gasteiger partial charge in [-0.2, -0.15) is 0 Å². The van der Waals surface area contributed by atoms with Crippen molar-refractivity contribution in [1.82, 2.24) is 9.97 Å². The van der Waals surface area contributed by atoms with Crippen LogP contribution in [-0.4, -0.2) is 9.97 Å². The summed E-state index contributed by atoms with van der Waals surface area (Å²) in [6.45, 7) is 0. The van der Waals surface area contributed by atoms with Crippen molar-refractivity contribution in [3.05, 3.63) is 16.0 Å². The normalized spacial score (nSPS) is 10.8. The van der Waals surface area contributed by atoms with E-state index in [1.165, 1.54) is 0 Å². The van der Waals surface area contributed by atoms with Gasteiger partial charge >= 0.3 is 0 Å². The van der Waals surface area contributed by atoms with Gasteiger partial charge in [0.05, 0.1) is 0 Å². The smallest absolute Gasteiger partial charge is 0.283 e. The van der Waals surface area contributed by atoms with Crippen LogP contribution < -0.4 is 5.73 Å². The molecule has 1 heterocycles. The summed E-state index contributed by atoms with van der Waals surface area (Å²) in [6.07, 6.45) is -2.80. The van der Waals surface area contributed by atoms with Crippen LogP contribution in [0.25, 0.3) is 0 Å². The minimum atomic E-state index is -2.80. The lowest BCUT2D eigenvalue weighted by Gasteiger charge is -2.02. The number of nitrogen functional groups attached to an aromatic ring is 1. The summed E-state index contributed by atoms with van der Waals surface area (Å²) in [5.74, 6) is -0.253. The average Bonchev–Trinajstić information content (AvgIpc) is 1.96. The highest BCUT2D eigenvalue weighted by Crippen LogP contribution is 2.26. The van der Waals surface area contributed by atoms with Crippen LogP contribution in [0.1, 0.15) is 12.1 Å². The highest BCUT2D eigenvalue weighted by Gasteiger charge is 2.17. The molecule has 1 aromatic rings. The summed E-state index contributed by atoms with van der Waals surface area (Å²) in [5, 5.41) is -0.603. The van der Waals surface area contributed by atoms with E-state index in [0.717, 1.165) is 0 Å². The lowest BCUT2D eigenvalue weighted by molar-refractivity contribution is 0.146. The summed E-state index contributed by atoms with van der Waals surface area (Å²) in [6, 6.07) is 0. The summed E-state index contributed by atoms with van der Waals surface area (Å²) in [4.78, 5) is 6.63. The van der Waals surface area contributed by atoms with Gasteiger partial charge in [0.15, 0.2) is 16.1 Å². The second kappa shape index (κ2) is 3.37. The quantitative estimate of drug-likeness (QED) is 0.780. The number of halogens is 4. The van der Waals surface area contributed by atoms with Crippen molar-refractivity contribution in [2.45, 2.75) is 6.43 Å². The third-order valence-electron chi connectivity index (χ3n) is 1.07. The molecule has 0 aliphatic heterocycles. The zero-order valence-electron chi connectivity index (χ0n) is 5.56. The minimum Gasteiger partial charge on any atom is -0.381 e. The topological polar surface area (TPSA) is 51.8 Å². The predicted octanol–water partition coefficient (Wildman–Crippen LogP) is 2.30. The van der Waals surface area contributed by atoms with Crippen LogP contribution in [0, 0.1) is 0 Å². The van der Waals surface area contributed by atoms with E-state index in [9.17, 15) is 8.78 Å². The molecule has 0 unspecified atom stereocenters. The highest BCUT2D eigenvalue weighted by molar-refractivity contribution is 6.34. The fourth-order valence-corrected chi connectivity index (χ4v) is 0.941. The maximum atomic E-state index is 12.1. The van der Waals surface area contributed by atoms with Crippen LogP contribution in [0.15, 0.2) is 0 Å². The van der Waals surface area contributed by atoms with E-state index in [2.05, 4.69) is 9.97 Å². The van der Waals surface area contributed by atoms with Crippen molar-refractivity contribution in [3.8, 4) is 0 Å². The Hall–Kier alpha value is -0.680. The van der Waals surface area contributed by atoms with Gasteiger partial charge in [-0.25, -0.2) is 18.7 Å². The molecular formula is C5H3Cl2F2N3. The summed E-state index contributed by atoms with van der Waals surface area (Å²) < 4.78 is 24.1. The zero-order chi connectivity index (χ0) is 9.30. The Kier molecular flexibility index (Phi) is 2.64. The third kappa shape index (κ3) is 1.73. The Morgan fingerprint density at radius 2 is 1.75 bits per heavy atom. The Labute approximate surface area is 76.5 Å². The molecule has 0 bridgehead atoms. The van der Waals surface area contributed by atoms with E-state index in [4.69, 9.17) is 28.9 Å². The van der Waals surface area contributed by atoms with Crippen LogP contribution in [0.3, 0.4) is 0 Å². The molecule has 0 saturated carbocycles. The number of anilines is 1. The van der Waals surface area contributed by atoms with Crippen molar-refractivity contribution in [3.63, 3.8) is 0 Å². The summed E-state index contributed by atoms with van der Waals surface area (Å²) in [7, 11) is 0. The molecule has 0 amide bonds. The van der Waals surface area contributed by atoms with Crippen molar-refractivity contribution in [2.75, 3.05) is 5.73 Å². The summed E-state index contributed by atoms with van der Waals surface area (Å²) >= 11 is 10.7. The van der Waals surface area contributed by atoms with Gasteiger partial charge in [-0.3, -0.25) is 0 Å². The van der Waals surface area contributed by atoms with Crippen molar-refractivity contribution >= 4 is 29.0 Å². The monoisotopic (exact) mass is 213 g/mol. The first kappa shape index (κ1) is 9.41. The van der Waals surface area contributed by atoms with Gasteiger partial charge < -0.3 is 5.73 Å². The van der Waals surface area contributed by atoms with E-state index in [1.54, 1.807) is 0 Å². The fraction of sp³-hybridized carbons (Fsp3) is 0.200. The van der Waals surface area contributed by atoms with Gasteiger partial charge in [0.2, 0.25) is 0 Å². The predicted molar refractivity (Wildman–Crippen MR) is 41.4 cm³/mol. The maximum absolute atomic E-state index is 12.1. The second-order valence-corrected chi connectivity index (χ2v) is 2.59. The molecule has 66 valence electrons. The molecule has 1 rings (SSSR count). The van der Waals surface area contributed by atoms with Crippen LogP contribution in [0.4, 0.5) is 14.6 Å². The Bertz CT molecular complexity index is 305. The molecule has 0 aliphatic rings. The number of nitrogens with two attached hydrogens (primary N) is 1. The van der Waals surface area contributed by atoms with Crippen molar-refractivity contribution in [2.24, 2.45) is 0 Å². The van der Waals surface area contributed by atoms with E-state index < -0.39 is 17.3 Å². The van der Waals surface area contributed by atoms with Crippen molar-refractivity contribution in [1.29, 1.82) is 0 Å². The van der Waals surface area contributed by atoms with Crippen LogP contribution in [-0.2, 0) is 0 Å². The Morgan fingerprint density at radius 1 is 1.17 bits per heavy atom. The molecule has 1 aromatic heterocycles. The van der Waals surface area contributed by atoms with Gasteiger partial charge in [0.1, 0.15) is 5.69 Å². The zero-order valence-corrected chi connectivity index (χ0v) is 7.07. The minimum absolute atomic E-state index is 0.176. The van der Waals surface area contributed by atoms with E-state index in [-0.39, 0.29) is 11.0 Å². The molecule has 0 aliphatic carbocycles. The van der Waals surface area contributed by atoms with E-state index >= 15 is 0 Å². The number of nitrogens with zero attached hydrogens (tertiary/aromatic N) is 2. The molecular weight excluding hydrogens is 211 g/mol. The first-order valence-electron chi connectivity index (χ1n) is 2.79. The lowest BCUT2D eigenvalue weighted by atomic mass is 10.4. The number of hydrogen-bond donors (Lipinski definition) is 1. The fourth-order valence-electron chi connectivity index (χ4n) is 0.562. The maximum Gasteiger partial charge on any atom is 0.283 e. The highest BCUT2D eigenvalue weighted by atomic mass is 35.5. The molecule has 7 heteroatoms. The molecule has 0 aromatic carbocycles. The first-order valence-corrected chi connectivity index (χ1v) is 3.54. The van der Waals surface area contributed by atoms with Gasteiger partial charge in [-0.15, -0.1) is 0 Å². The number of alkyl halides is 2.